The van der Waals surface area contributed by atoms with Crippen molar-refractivity contribution in [2.24, 2.45) is 0 Å². The molecule has 7 heteroatoms. The monoisotopic (exact) mass is 391 g/mol. The van der Waals surface area contributed by atoms with Gasteiger partial charge in [0.2, 0.25) is 0 Å². The first-order valence-corrected chi connectivity index (χ1v) is 9.63. The second kappa shape index (κ2) is 8.26. The Morgan fingerprint density at radius 2 is 1.90 bits per heavy atom. The molecular weight excluding hydrogens is 370 g/mol. The predicted molar refractivity (Wildman–Crippen MR) is 109 cm³/mol. The highest BCUT2D eigenvalue weighted by atomic mass is 16.5. The number of aryl methyl sites for hydroxylation is 1. The fraction of sp³-hybridized carbons (Fsp3) is 0.273. The molecule has 0 spiro atoms. The second-order valence-electron chi connectivity index (χ2n) is 6.97. The first-order chi connectivity index (χ1) is 14.1. The van der Waals surface area contributed by atoms with Gasteiger partial charge in [0.05, 0.1) is 10.9 Å². The average molecular weight is 391 g/mol. The number of H-pyrrole nitrogens is 1. The van der Waals surface area contributed by atoms with Crippen molar-refractivity contribution >= 4 is 28.5 Å². The summed E-state index contributed by atoms with van der Waals surface area (Å²) in [6.45, 7) is 0.342. The Hall–Kier alpha value is -3.48. The largest absolute Gasteiger partial charge is 0.456 e. The molecule has 1 aromatic heterocycles. The van der Waals surface area contributed by atoms with Crippen LogP contribution in [0.5, 0.6) is 0 Å². The number of carbonyl (C=O) groups is 2. The molecule has 2 aromatic carbocycles. The summed E-state index contributed by atoms with van der Waals surface area (Å²) >= 11 is 0. The fourth-order valence-corrected chi connectivity index (χ4v) is 3.54. The Morgan fingerprint density at radius 1 is 1.10 bits per heavy atom. The molecule has 1 aliphatic rings. The van der Waals surface area contributed by atoms with Gasteiger partial charge in [-0.15, -0.1) is 0 Å². The third-order valence-electron chi connectivity index (χ3n) is 5.00. The number of ether oxygens (including phenoxy) is 1. The van der Waals surface area contributed by atoms with Crippen molar-refractivity contribution in [3.8, 4) is 0 Å². The Bertz CT molecular complexity index is 1120. The highest BCUT2D eigenvalue weighted by molar-refractivity contribution is 5.97. The zero-order valence-corrected chi connectivity index (χ0v) is 15.9. The minimum Gasteiger partial charge on any atom is -0.456 e. The van der Waals surface area contributed by atoms with Crippen molar-refractivity contribution in [1.29, 1.82) is 0 Å². The van der Waals surface area contributed by atoms with E-state index in [2.05, 4.69) is 9.97 Å². The van der Waals surface area contributed by atoms with Gasteiger partial charge in [-0.05, 0) is 36.6 Å². The van der Waals surface area contributed by atoms with Crippen molar-refractivity contribution in [3.05, 3.63) is 70.3 Å². The van der Waals surface area contributed by atoms with Gasteiger partial charge in [0.15, 0.2) is 6.61 Å². The number of nitrogens with zero attached hydrogens (tertiary/aromatic N) is 2. The van der Waals surface area contributed by atoms with Crippen LogP contribution in [-0.4, -0.2) is 35.0 Å². The SMILES string of the molecule is O=C(CCCc1nc2ccccc2c(=O)[nH]1)OCC(=O)N1CCc2ccccc21. The van der Waals surface area contributed by atoms with Crippen LogP contribution in [-0.2, 0) is 27.2 Å². The maximum Gasteiger partial charge on any atom is 0.306 e. The van der Waals surface area contributed by atoms with E-state index in [0.29, 0.717) is 36.1 Å². The third-order valence-corrected chi connectivity index (χ3v) is 5.00. The van der Waals surface area contributed by atoms with Gasteiger partial charge in [-0.3, -0.25) is 14.4 Å². The molecule has 148 valence electrons. The lowest BCUT2D eigenvalue weighted by atomic mass is 10.2. The Kier molecular flexibility index (Phi) is 5.37. The lowest BCUT2D eigenvalue weighted by Gasteiger charge is -2.17. The van der Waals surface area contributed by atoms with Crippen LogP contribution in [0.4, 0.5) is 5.69 Å². The van der Waals surface area contributed by atoms with Gasteiger partial charge in [0.1, 0.15) is 5.82 Å². The molecule has 0 aliphatic carbocycles. The fourth-order valence-electron chi connectivity index (χ4n) is 3.54. The zero-order valence-electron chi connectivity index (χ0n) is 15.9. The van der Waals surface area contributed by atoms with Crippen LogP contribution in [0.3, 0.4) is 0 Å². The third kappa shape index (κ3) is 4.18. The van der Waals surface area contributed by atoms with Crippen molar-refractivity contribution in [2.45, 2.75) is 25.7 Å². The van der Waals surface area contributed by atoms with Gasteiger partial charge < -0.3 is 14.6 Å². The minimum atomic E-state index is -0.436. The van der Waals surface area contributed by atoms with E-state index in [9.17, 15) is 14.4 Å². The van der Waals surface area contributed by atoms with Gasteiger partial charge in [-0.1, -0.05) is 30.3 Å². The summed E-state index contributed by atoms with van der Waals surface area (Å²) in [5, 5.41) is 0.539. The highest BCUT2D eigenvalue weighted by Crippen LogP contribution is 2.27. The number of esters is 1. The quantitative estimate of drug-likeness (QED) is 0.652. The summed E-state index contributed by atoms with van der Waals surface area (Å²) in [5.74, 6) is -0.121. The molecule has 7 nitrogen and oxygen atoms in total. The van der Waals surface area contributed by atoms with E-state index in [-0.39, 0.29) is 24.5 Å². The molecule has 0 atom stereocenters. The molecule has 4 rings (SSSR count). The van der Waals surface area contributed by atoms with Crippen LogP contribution in [0.1, 0.15) is 24.2 Å². The van der Waals surface area contributed by atoms with Crippen molar-refractivity contribution in [1.82, 2.24) is 9.97 Å². The Labute approximate surface area is 167 Å². The summed E-state index contributed by atoms with van der Waals surface area (Å²) in [4.78, 5) is 45.2. The summed E-state index contributed by atoms with van der Waals surface area (Å²) in [7, 11) is 0. The van der Waals surface area contributed by atoms with Gasteiger partial charge in [0.25, 0.3) is 11.5 Å². The zero-order chi connectivity index (χ0) is 20.2. The molecule has 0 saturated heterocycles. The summed E-state index contributed by atoms with van der Waals surface area (Å²) < 4.78 is 5.14. The van der Waals surface area contributed by atoms with Crippen molar-refractivity contribution < 1.29 is 14.3 Å². The number of amides is 1. The number of carbonyl (C=O) groups excluding carboxylic acids is 2. The number of benzene rings is 2. The predicted octanol–water partition coefficient (Wildman–Crippen LogP) is 2.38. The summed E-state index contributed by atoms with van der Waals surface area (Å²) in [5.41, 5.74) is 2.46. The smallest absolute Gasteiger partial charge is 0.306 e. The van der Waals surface area contributed by atoms with E-state index in [1.165, 1.54) is 0 Å². The van der Waals surface area contributed by atoms with Gasteiger partial charge >= 0.3 is 5.97 Å². The lowest BCUT2D eigenvalue weighted by molar-refractivity contribution is -0.147. The molecule has 1 amide bonds. The lowest BCUT2D eigenvalue weighted by Crippen LogP contribution is -2.33. The van der Waals surface area contributed by atoms with Crippen molar-refractivity contribution in [2.75, 3.05) is 18.1 Å². The molecule has 2 heterocycles. The Balaban J connectivity index is 1.26. The molecule has 0 unspecified atom stereocenters. The van der Waals surface area contributed by atoms with E-state index >= 15 is 0 Å². The van der Waals surface area contributed by atoms with Crippen LogP contribution >= 0.6 is 0 Å². The second-order valence-corrected chi connectivity index (χ2v) is 6.97. The minimum absolute atomic E-state index is 0.153. The number of para-hydroxylation sites is 2. The summed E-state index contributed by atoms with van der Waals surface area (Å²) in [6, 6.07) is 14.9. The normalized spacial score (nSPS) is 12.8. The average Bonchev–Trinajstić information content (AvgIpc) is 3.16. The van der Waals surface area contributed by atoms with Crippen LogP contribution in [0.2, 0.25) is 0 Å². The van der Waals surface area contributed by atoms with Gasteiger partial charge in [0, 0.05) is 25.1 Å². The number of rotatable bonds is 6. The van der Waals surface area contributed by atoms with Crippen molar-refractivity contribution in [3.63, 3.8) is 0 Å². The number of aromatic nitrogens is 2. The molecule has 0 fully saturated rings. The topological polar surface area (TPSA) is 92.4 Å². The van der Waals surface area contributed by atoms with Crippen LogP contribution in [0, 0.1) is 0 Å². The molecular formula is C22H21N3O4. The maximum atomic E-state index is 12.4. The molecule has 0 radical (unpaired) electrons. The van der Waals surface area contributed by atoms with Crippen LogP contribution < -0.4 is 10.5 Å². The number of anilines is 1. The first kappa shape index (κ1) is 18.9. The van der Waals surface area contributed by atoms with E-state index in [1.54, 1.807) is 23.1 Å². The van der Waals surface area contributed by atoms with Crippen LogP contribution in [0.15, 0.2) is 53.3 Å². The Morgan fingerprint density at radius 3 is 2.79 bits per heavy atom. The highest BCUT2D eigenvalue weighted by Gasteiger charge is 2.24. The molecule has 1 N–H and O–H groups in total. The first-order valence-electron chi connectivity index (χ1n) is 9.63. The van der Waals surface area contributed by atoms with Crippen LogP contribution in [0.25, 0.3) is 10.9 Å². The van der Waals surface area contributed by atoms with E-state index in [4.69, 9.17) is 4.74 Å². The standard InChI is InChI=1S/C22H21N3O4/c26-20(25-13-12-15-6-1-4-9-18(15)25)14-29-21(27)11-5-10-19-23-17-8-3-2-7-16(17)22(28)24-19/h1-4,6-9H,5,10-14H2,(H,23,24,28). The maximum absolute atomic E-state index is 12.4. The van der Waals surface area contributed by atoms with E-state index < -0.39 is 5.97 Å². The molecule has 0 bridgehead atoms. The van der Waals surface area contributed by atoms with Gasteiger partial charge in [-0.2, -0.15) is 0 Å². The van der Waals surface area contributed by atoms with E-state index in [1.807, 2.05) is 30.3 Å². The number of hydrogen-bond acceptors (Lipinski definition) is 5. The molecule has 1 aliphatic heterocycles. The number of hydrogen-bond donors (Lipinski definition) is 1. The van der Waals surface area contributed by atoms with Gasteiger partial charge in [-0.25, -0.2) is 4.98 Å². The molecule has 0 saturated carbocycles. The summed E-state index contributed by atoms with van der Waals surface area (Å²) in [6.07, 6.45) is 1.89. The molecule has 29 heavy (non-hydrogen) atoms. The number of aromatic amines is 1. The molecule has 3 aromatic rings. The number of nitrogens with one attached hydrogen (secondary N) is 1. The number of fused-ring (bicyclic) bond motifs is 2. The van der Waals surface area contributed by atoms with E-state index in [0.717, 1.165) is 17.7 Å².